The summed E-state index contributed by atoms with van der Waals surface area (Å²) < 4.78 is 17.0. The number of likely N-dealkylation sites (tertiary alicyclic amines) is 1. The van der Waals surface area contributed by atoms with E-state index >= 15 is 0 Å². The quantitative estimate of drug-likeness (QED) is 0.791. The van der Waals surface area contributed by atoms with Crippen molar-refractivity contribution >= 4 is 5.91 Å². The van der Waals surface area contributed by atoms with Crippen molar-refractivity contribution in [3.63, 3.8) is 0 Å². The molecule has 2 saturated heterocycles. The molecule has 0 aliphatic carbocycles. The third-order valence-corrected chi connectivity index (χ3v) is 5.83. The highest BCUT2D eigenvalue weighted by Gasteiger charge is 2.35. The second-order valence-corrected chi connectivity index (χ2v) is 8.05. The molecule has 1 amide bonds. The van der Waals surface area contributed by atoms with E-state index in [2.05, 4.69) is 0 Å². The van der Waals surface area contributed by atoms with Gasteiger partial charge in [-0.15, -0.1) is 0 Å². The van der Waals surface area contributed by atoms with Crippen LogP contribution < -0.4 is 10.4 Å². The average molecular weight is 397 g/mol. The number of benzene rings is 1. The molecular formula is C23H27NO5. The number of rotatable bonds is 4. The molecule has 0 radical (unpaired) electrons. The molecule has 1 aromatic heterocycles. The number of ether oxygens (including phenoxy) is 2. The topological polar surface area (TPSA) is 69.0 Å². The van der Waals surface area contributed by atoms with E-state index in [9.17, 15) is 9.59 Å². The summed E-state index contributed by atoms with van der Waals surface area (Å²) in [5, 5.41) is 0. The van der Waals surface area contributed by atoms with Crippen LogP contribution in [0.3, 0.4) is 0 Å². The zero-order valence-corrected chi connectivity index (χ0v) is 17.2. The van der Waals surface area contributed by atoms with E-state index in [0.717, 1.165) is 29.7 Å². The van der Waals surface area contributed by atoms with Crippen LogP contribution in [-0.2, 0) is 4.74 Å². The van der Waals surface area contributed by atoms with E-state index in [4.69, 9.17) is 13.9 Å². The molecule has 0 atom stereocenters. The minimum absolute atomic E-state index is 0.0624. The lowest BCUT2D eigenvalue weighted by atomic mass is 9.95. The van der Waals surface area contributed by atoms with Gasteiger partial charge >= 0.3 is 5.63 Å². The first kappa shape index (κ1) is 19.7. The number of carbonyl (C=O) groups excluding carboxylic acids is 1. The molecule has 2 aromatic rings. The van der Waals surface area contributed by atoms with Gasteiger partial charge in [-0.25, -0.2) is 4.79 Å². The van der Waals surface area contributed by atoms with Gasteiger partial charge < -0.3 is 18.8 Å². The van der Waals surface area contributed by atoms with Gasteiger partial charge in [-0.3, -0.25) is 4.79 Å². The van der Waals surface area contributed by atoms with Crippen LogP contribution in [0, 0.1) is 20.8 Å². The zero-order valence-electron chi connectivity index (χ0n) is 17.2. The van der Waals surface area contributed by atoms with E-state index < -0.39 is 5.63 Å². The number of hydrogen-bond acceptors (Lipinski definition) is 5. The van der Waals surface area contributed by atoms with Crippen molar-refractivity contribution in [1.82, 2.24) is 4.90 Å². The molecule has 154 valence electrons. The first-order valence-electron chi connectivity index (χ1n) is 10.2. The maximum atomic E-state index is 12.9. The first-order chi connectivity index (χ1) is 13.9. The Hall–Kier alpha value is -2.60. The first-order valence-corrected chi connectivity index (χ1v) is 10.2. The summed E-state index contributed by atoms with van der Waals surface area (Å²) in [5.74, 6) is 1.43. The third kappa shape index (κ3) is 3.94. The molecule has 4 rings (SSSR count). The lowest BCUT2D eigenvalue weighted by molar-refractivity contribution is 0.0168. The number of nitrogens with zero attached hydrogens (tertiary/aromatic N) is 1. The largest absolute Gasteiger partial charge is 0.486 e. The summed E-state index contributed by atoms with van der Waals surface area (Å²) in [6.45, 7) is 8.10. The highest BCUT2D eigenvalue weighted by atomic mass is 16.5. The van der Waals surface area contributed by atoms with E-state index in [1.54, 1.807) is 11.8 Å². The van der Waals surface area contributed by atoms with Gasteiger partial charge in [0.1, 0.15) is 23.2 Å². The SMILES string of the molecule is Cc1cccc(C)c1OC1CN(C(=O)c2c(C)cc(C3CCOCC3)oc2=O)C1. The molecule has 0 saturated carbocycles. The summed E-state index contributed by atoms with van der Waals surface area (Å²) in [6, 6.07) is 7.87. The Morgan fingerprint density at radius 1 is 1.07 bits per heavy atom. The highest BCUT2D eigenvalue weighted by Crippen LogP contribution is 2.29. The van der Waals surface area contributed by atoms with Gasteiger partial charge in [-0.2, -0.15) is 0 Å². The molecule has 2 aliphatic heterocycles. The molecule has 0 N–H and O–H groups in total. The fraction of sp³-hybridized carbons (Fsp3) is 0.478. The second kappa shape index (κ2) is 8.03. The van der Waals surface area contributed by atoms with Gasteiger partial charge in [0.2, 0.25) is 0 Å². The van der Waals surface area contributed by atoms with Crippen molar-refractivity contribution in [2.45, 2.75) is 45.6 Å². The standard InChI is InChI=1S/C23H27NO5/c1-14-5-4-6-15(2)21(14)28-18-12-24(13-18)22(25)20-16(3)11-19(29-23(20)26)17-7-9-27-10-8-17/h4-6,11,17-18H,7-10,12-13H2,1-3H3. The van der Waals surface area contributed by atoms with Crippen LogP contribution in [0.2, 0.25) is 0 Å². The minimum atomic E-state index is -0.546. The Balaban J connectivity index is 1.43. The minimum Gasteiger partial charge on any atom is -0.486 e. The molecule has 0 bridgehead atoms. The monoisotopic (exact) mass is 397 g/mol. The fourth-order valence-electron chi connectivity index (χ4n) is 4.06. The molecule has 6 heteroatoms. The van der Waals surface area contributed by atoms with Crippen molar-refractivity contribution in [3.8, 4) is 5.75 Å². The van der Waals surface area contributed by atoms with Crippen molar-refractivity contribution in [2.75, 3.05) is 26.3 Å². The van der Waals surface area contributed by atoms with Gasteiger partial charge in [-0.1, -0.05) is 18.2 Å². The van der Waals surface area contributed by atoms with Gasteiger partial charge in [0.05, 0.1) is 13.1 Å². The molecular weight excluding hydrogens is 370 g/mol. The Labute approximate surface area is 170 Å². The maximum absolute atomic E-state index is 12.9. The Morgan fingerprint density at radius 3 is 2.34 bits per heavy atom. The van der Waals surface area contributed by atoms with Crippen LogP contribution in [0.4, 0.5) is 0 Å². The lowest BCUT2D eigenvalue weighted by Crippen LogP contribution is -2.57. The van der Waals surface area contributed by atoms with Crippen molar-refractivity contribution in [1.29, 1.82) is 0 Å². The van der Waals surface area contributed by atoms with Crippen LogP contribution >= 0.6 is 0 Å². The third-order valence-electron chi connectivity index (χ3n) is 5.83. The van der Waals surface area contributed by atoms with Crippen LogP contribution in [-0.4, -0.2) is 43.2 Å². The van der Waals surface area contributed by atoms with Gasteiger partial charge in [0, 0.05) is 19.1 Å². The van der Waals surface area contributed by atoms with E-state index in [1.165, 1.54) is 0 Å². The van der Waals surface area contributed by atoms with Crippen LogP contribution in [0.25, 0.3) is 0 Å². The van der Waals surface area contributed by atoms with Crippen LogP contribution in [0.5, 0.6) is 5.75 Å². The average Bonchev–Trinajstić information content (AvgIpc) is 2.66. The van der Waals surface area contributed by atoms with Crippen LogP contribution in [0.1, 0.15) is 51.6 Å². The summed E-state index contributed by atoms with van der Waals surface area (Å²) in [6.07, 6.45) is 1.60. The molecule has 3 heterocycles. The molecule has 2 aliphatic rings. The summed E-state index contributed by atoms with van der Waals surface area (Å²) in [5.41, 5.74) is 2.42. The number of aryl methyl sites for hydroxylation is 3. The predicted molar refractivity (Wildman–Crippen MR) is 109 cm³/mol. The second-order valence-electron chi connectivity index (χ2n) is 8.05. The predicted octanol–water partition coefficient (Wildman–Crippen LogP) is 3.36. The Morgan fingerprint density at radius 2 is 1.72 bits per heavy atom. The fourth-order valence-corrected chi connectivity index (χ4v) is 4.06. The van der Waals surface area contributed by atoms with Gasteiger partial charge in [-0.05, 0) is 56.4 Å². The summed E-state index contributed by atoms with van der Waals surface area (Å²) in [7, 11) is 0. The molecule has 0 spiro atoms. The molecule has 1 aromatic carbocycles. The van der Waals surface area contributed by atoms with E-state index in [0.29, 0.717) is 37.6 Å². The van der Waals surface area contributed by atoms with Gasteiger partial charge in [0.25, 0.3) is 5.91 Å². The normalized spacial score (nSPS) is 17.8. The zero-order chi connectivity index (χ0) is 20.5. The van der Waals surface area contributed by atoms with E-state index in [-0.39, 0.29) is 23.5 Å². The number of para-hydroxylation sites is 1. The number of amides is 1. The summed E-state index contributed by atoms with van der Waals surface area (Å²) >= 11 is 0. The Bertz CT molecular complexity index is 947. The number of carbonyl (C=O) groups is 1. The molecule has 0 unspecified atom stereocenters. The van der Waals surface area contributed by atoms with E-state index in [1.807, 2.05) is 38.1 Å². The molecule has 6 nitrogen and oxygen atoms in total. The molecule has 29 heavy (non-hydrogen) atoms. The Kier molecular flexibility index (Phi) is 5.46. The van der Waals surface area contributed by atoms with Crippen molar-refractivity contribution in [3.05, 3.63) is 62.7 Å². The maximum Gasteiger partial charge on any atom is 0.349 e. The van der Waals surface area contributed by atoms with Crippen molar-refractivity contribution < 1.29 is 18.7 Å². The highest BCUT2D eigenvalue weighted by molar-refractivity contribution is 5.95. The number of hydrogen-bond donors (Lipinski definition) is 0. The van der Waals surface area contributed by atoms with Crippen LogP contribution in [0.15, 0.2) is 33.5 Å². The molecule has 2 fully saturated rings. The lowest BCUT2D eigenvalue weighted by Gasteiger charge is -2.39. The van der Waals surface area contributed by atoms with Crippen molar-refractivity contribution in [2.24, 2.45) is 0 Å². The van der Waals surface area contributed by atoms with Gasteiger partial charge in [0.15, 0.2) is 0 Å². The smallest absolute Gasteiger partial charge is 0.349 e. The summed E-state index contributed by atoms with van der Waals surface area (Å²) in [4.78, 5) is 27.1.